The van der Waals surface area contributed by atoms with Gasteiger partial charge in [-0.3, -0.25) is 0 Å². The number of phenolic OH excluding ortho intramolecular Hbond substituents is 1. The first-order valence-electron chi connectivity index (χ1n) is 4.72. The van der Waals surface area contributed by atoms with Gasteiger partial charge in [0.1, 0.15) is 16.5 Å². The van der Waals surface area contributed by atoms with Gasteiger partial charge in [-0.2, -0.15) is 4.98 Å². The Morgan fingerprint density at radius 2 is 2.18 bits per heavy atom. The van der Waals surface area contributed by atoms with Crippen LogP contribution < -0.4 is 9.47 Å². The zero-order valence-electron chi connectivity index (χ0n) is 8.92. The molecule has 1 heterocycles. The lowest BCUT2D eigenvalue weighted by Gasteiger charge is -2.07. The molecule has 0 fully saturated rings. The Labute approximate surface area is 103 Å². The summed E-state index contributed by atoms with van der Waals surface area (Å²) in [6.45, 7) is 0. The van der Waals surface area contributed by atoms with Crippen molar-refractivity contribution in [3.8, 4) is 23.4 Å². The normalized spacial score (nSPS) is 10.0. The largest absolute Gasteiger partial charge is 0.508 e. The molecule has 0 amide bonds. The van der Waals surface area contributed by atoms with Crippen LogP contribution in [0.5, 0.6) is 23.4 Å². The van der Waals surface area contributed by atoms with Crippen LogP contribution in [-0.2, 0) is 0 Å². The topological polar surface area (TPSA) is 64.5 Å². The molecule has 0 bridgehead atoms. The second kappa shape index (κ2) is 4.88. The van der Waals surface area contributed by atoms with Crippen molar-refractivity contribution in [3.63, 3.8) is 0 Å². The van der Waals surface area contributed by atoms with E-state index in [1.807, 2.05) is 0 Å². The molecule has 2 rings (SSSR count). The molecule has 1 aromatic heterocycles. The Hall–Kier alpha value is -2.01. The van der Waals surface area contributed by atoms with E-state index < -0.39 is 0 Å². The molecular weight excluding hydrogens is 244 g/mol. The summed E-state index contributed by atoms with van der Waals surface area (Å²) in [7, 11) is 1.45. The molecule has 0 aliphatic carbocycles. The van der Waals surface area contributed by atoms with Gasteiger partial charge in [0.2, 0.25) is 5.88 Å². The number of ether oxygens (including phenoxy) is 2. The standard InChI is InChI=1S/C11H9ClN2O3/c1-16-11-13-6-9(12)10(14-11)17-8-4-2-3-7(15)5-8/h2-6,15H,1H3. The molecule has 0 saturated heterocycles. The summed E-state index contributed by atoms with van der Waals surface area (Å²) >= 11 is 5.87. The zero-order valence-corrected chi connectivity index (χ0v) is 9.68. The van der Waals surface area contributed by atoms with Crippen molar-refractivity contribution in [2.45, 2.75) is 0 Å². The number of phenols is 1. The Balaban J connectivity index is 2.29. The third-order valence-electron chi connectivity index (χ3n) is 1.90. The van der Waals surface area contributed by atoms with Gasteiger partial charge in [-0.05, 0) is 12.1 Å². The maximum atomic E-state index is 9.29. The van der Waals surface area contributed by atoms with Gasteiger partial charge in [-0.1, -0.05) is 17.7 Å². The van der Waals surface area contributed by atoms with Crippen LogP contribution >= 0.6 is 11.6 Å². The lowest BCUT2D eigenvalue weighted by molar-refractivity contribution is 0.366. The molecule has 1 N–H and O–H groups in total. The number of methoxy groups -OCH3 is 1. The highest BCUT2D eigenvalue weighted by molar-refractivity contribution is 6.31. The zero-order chi connectivity index (χ0) is 12.3. The maximum absolute atomic E-state index is 9.29. The van der Waals surface area contributed by atoms with Crippen molar-refractivity contribution in [3.05, 3.63) is 35.5 Å². The van der Waals surface area contributed by atoms with Gasteiger partial charge in [0.05, 0.1) is 13.3 Å². The summed E-state index contributed by atoms with van der Waals surface area (Å²) in [6.07, 6.45) is 1.38. The van der Waals surface area contributed by atoms with E-state index in [1.165, 1.54) is 25.4 Å². The first-order chi connectivity index (χ1) is 8.19. The Morgan fingerprint density at radius 3 is 2.88 bits per heavy atom. The van der Waals surface area contributed by atoms with Crippen LogP contribution in [0.4, 0.5) is 0 Å². The summed E-state index contributed by atoms with van der Waals surface area (Å²) in [5.74, 6) is 0.691. The SMILES string of the molecule is COc1ncc(Cl)c(Oc2cccc(O)c2)n1. The maximum Gasteiger partial charge on any atom is 0.319 e. The van der Waals surface area contributed by atoms with E-state index in [9.17, 15) is 5.11 Å². The highest BCUT2D eigenvalue weighted by atomic mass is 35.5. The molecule has 0 radical (unpaired) electrons. The van der Waals surface area contributed by atoms with E-state index >= 15 is 0 Å². The monoisotopic (exact) mass is 252 g/mol. The van der Waals surface area contributed by atoms with Crippen LogP contribution in [0, 0.1) is 0 Å². The van der Waals surface area contributed by atoms with Crippen LogP contribution in [0.15, 0.2) is 30.5 Å². The molecule has 88 valence electrons. The van der Waals surface area contributed by atoms with E-state index in [1.54, 1.807) is 12.1 Å². The van der Waals surface area contributed by atoms with E-state index in [0.29, 0.717) is 5.75 Å². The molecule has 0 spiro atoms. The van der Waals surface area contributed by atoms with Crippen LogP contribution in [0.2, 0.25) is 5.02 Å². The van der Waals surface area contributed by atoms with Crippen LogP contribution in [0.1, 0.15) is 0 Å². The molecule has 1 aromatic carbocycles. The predicted octanol–water partition coefficient (Wildman–Crippen LogP) is 2.64. The number of rotatable bonds is 3. The quantitative estimate of drug-likeness (QED) is 0.910. The predicted molar refractivity (Wildman–Crippen MR) is 61.8 cm³/mol. The van der Waals surface area contributed by atoms with Crippen molar-refractivity contribution in [1.29, 1.82) is 0 Å². The summed E-state index contributed by atoms with van der Waals surface area (Å²) in [5.41, 5.74) is 0. The number of aromatic nitrogens is 2. The van der Waals surface area contributed by atoms with Crippen LogP contribution in [0.25, 0.3) is 0 Å². The fourth-order valence-electron chi connectivity index (χ4n) is 1.16. The second-order valence-electron chi connectivity index (χ2n) is 3.11. The minimum Gasteiger partial charge on any atom is -0.508 e. The minimum absolute atomic E-state index is 0.0969. The number of hydrogen-bond acceptors (Lipinski definition) is 5. The molecule has 0 unspecified atom stereocenters. The lowest BCUT2D eigenvalue weighted by Crippen LogP contribution is -1.95. The van der Waals surface area contributed by atoms with E-state index in [2.05, 4.69) is 9.97 Å². The summed E-state index contributed by atoms with van der Waals surface area (Å²) in [4.78, 5) is 7.77. The molecule has 0 saturated carbocycles. The van der Waals surface area contributed by atoms with Gasteiger partial charge in [-0.15, -0.1) is 0 Å². The molecule has 0 aliphatic rings. The number of halogens is 1. The summed E-state index contributed by atoms with van der Waals surface area (Å²) in [6, 6.07) is 6.46. The number of aromatic hydroxyl groups is 1. The van der Waals surface area contributed by atoms with Crippen molar-refractivity contribution in [2.75, 3.05) is 7.11 Å². The average Bonchev–Trinajstić information content (AvgIpc) is 2.32. The molecule has 0 atom stereocenters. The first kappa shape index (κ1) is 11.5. The van der Waals surface area contributed by atoms with E-state index in [-0.39, 0.29) is 22.7 Å². The average molecular weight is 253 g/mol. The summed E-state index contributed by atoms with van der Waals surface area (Å²) in [5, 5.41) is 9.55. The smallest absolute Gasteiger partial charge is 0.319 e. The lowest BCUT2D eigenvalue weighted by atomic mass is 10.3. The van der Waals surface area contributed by atoms with Gasteiger partial charge in [0.25, 0.3) is 0 Å². The van der Waals surface area contributed by atoms with Gasteiger partial charge in [0, 0.05) is 6.07 Å². The van der Waals surface area contributed by atoms with Gasteiger partial charge >= 0.3 is 6.01 Å². The van der Waals surface area contributed by atoms with Gasteiger partial charge in [-0.25, -0.2) is 4.98 Å². The fraction of sp³-hybridized carbons (Fsp3) is 0.0909. The Kier molecular flexibility index (Phi) is 3.30. The van der Waals surface area contributed by atoms with Crippen molar-refractivity contribution < 1.29 is 14.6 Å². The highest BCUT2D eigenvalue weighted by Gasteiger charge is 2.08. The van der Waals surface area contributed by atoms with Crippen molar-refractivity contribution in [2.24, 2.45) is 0 Å². The van der Waals surface area contributed by atoms with Gasteiger partial charge < -0.3 is 14.6 Å². The Morgan fingerprint density at radius 1 is 1.35 bits per heavy atom. The molecule has 6 heteroatoms. The number of nitrogens with zero attached hydrogens (tertiary/aromatic N) is 2. The molecule has 5 nitrogen and oxygen atoms in total. The van der Waals surface area contributed by atoms with Gasteiger partial charge in [0.15, 0.2) is 0 Å². The highest BCUT2D eigenvalue weighted by Crippen LogP contribution is 2.29. The van der Waals surface area contributed by atoms with Crippen molar-refractivity contribution >= 4 is 11.6 Å². The molecule has 0 aliphatic heterocycles. The summed E-state index contributed by atoms with van der Waals surface area (Å²) < 4.78 is 10.3. The van der Waals surface area contributed by atoms with Crippen LogP contribution in [0.3, 0.4) is 0 Å². The molecular formula is C11H9ClN2O3. The second-order valence-corrected chi connectivity index (χ2v) is 3.52. The molecule has 17 heavy (non-hydrogen) atoms. The van der Waals surface area contributed by atoms with E-state index in [4.69, 9.17) is 21.1 Å². The van der Waals surface area contributed by atoms with Crippen LogP contribution in [-0.4, -0.2) is 22.2 Å². The third kappa shape index (κ3) is 2.76. The fourth-order valence-corrected chi connectivity index (χ4v) is 1.29. The van der Waals surface area contributed by atoms with E-state index in [0.717, 1.165) is 0 Å². The molecule has 2 aromatic rings. The number of hydrogen-bond donors (Lipinski definition) is 1. The first-order valence-corrected chi connectivity index (χ1v) is 5.10. The third-order valence-corrected chi connectivity index (χ3v) is 2.16. The van der Waals surface area contributed by atoms with Crippen molar-refractivity contribution in [1.82, 2.24) is 9.97 Å². The number of benzene rings is 1. The Bertz CT molecular complexity index is 534. The minimum atomic E-state index is 0.0969.